The fourth-order valence-electron chi connectivity index (χ4n) is 2.83. The molecule has 2 heterocycles. The quantitative estimate of drug-likeness (QED) is 0.860. The van der Waals surface area contributed by atoms with Crippen molar-refractivity contribution in [3.05, 3.63) is 29.4 Å². The molecule has 3 rings (SSSR count). The van der Waals surface area contributed by atoms with Gasteiger partial charge < -0.3 is 19.5 Å². The molecule has 0 bridgehead atoms. The van der Waals surface area contributed by atoms with Crippen molar-refractivity contribution < 1.29 is 9.53 Å². The molecule has 0 saturated carbocycles. The second-order valence-corrected chi connectivity index (χ2v) is 7.25. The van der Waals surface area contributed by atoms with Crippen molar-refractivity contribution in [3.63, 3.8) is 0 Å². The first-order valence-corrected chi connectivity index (χ1v) is 8.21. The number of nitrogens with one attached hydrogen (secondary N) is 1. The van der Waals surface area contributed by atoms with Gasteiger partial charge in [0.25, 0.3) is 0 Å². The number of hydrogen-bond acceptors (Lipinski definition) is 3. The second kappa shape index (κ2) is 5.96. The number of H-pyrrole nitrogens is 1. The van der Waals surface area contributed by atoms with Gasteiger partial charge in [-0.05, 0) is 39.0 Å². The van der Waals surface area contributed by atoms with Gasteiger partial charge in [-0.1, -0.05) is 11.6 Å². The Kier molecular flexibility index (Phi) is 4.15. The van der Waals surface area contributed by atoms with Crippen molar-refractivity contribution in [2.24, 2.45) is 0 Å². The Hall–Kier alpha value is -1.88. The van der Waals surface area contributed by atoms with Gasteiger partial charge in [0.05, 0.1) is 0 Å². The molecule has 124 valence electrons. The minimum Gasteiger partial charge on any atom is -0.444 e. The normalized spacial score (nSPS) is 16.0. The highest BCUT2D eigenvalue weighted by molar-refractivity contribution is 6.31. The van der Waals surface area contributed by atoms with Gasteiger partial charge in [0.1, 0.15) is 5.60 Å². The van der Waals surface area contributed by atoms with Crippen molar-refractivity contribution in [3.8, 4) is 0 Å². The molecular weight excluding hydrogens is 314 g/mol. The van der Waals surface area contributed by atoms with Crippen LogP contribution in [0.1, 0.15) is 20.8 Å². The van der Waals surface area contributed by atoms with Gasteiger partial charge >= 0.3 is 6.09 Å². The van der Waals surface area contributed by atoms with Gasteiger partial charge in [0.15, 0.2) is 0 Å². The highest BCUT2D eigenvalue weighted by Gasteiger charge is 2.26. The van der Waals surface area contributed by atoms with Gasteiger partial charge in [0.2, 0.25) is 0 Å². The Labute approximate surface area is 141 Å². The molecule has 1 N–H and O–H groups in total. The van der Waals surface area contributed by atoms with Crippen LogP contribution in [0.25, 0.3) is 10.9 Å². The van der Waals surface area contributed by atoms with Gasteiger partial charge in [-0.25, -0.2) is 4.79 Å². The van der Waals surface area contributed by atoms with Crippen molar-refractivity contribution >= 4 is 34.3 Å². The molecule has 1 aromatic carbocycles. The first-order chi connectivity index (χ1) is 10.8. The number of ether oxygens (including phenoxy) is 1. The zero-order chi connectivity index (χ0) is 16.6. The van der Waals surface area contributed by atoms with Crippen LogP contribution in [0, 0.1) is 0 Å². The van der Waals surface area contributed by atoms with Crippen molar-refractivity contribution in [1.82, 2.24) is 9.88 Å². The first kappa shape index (κ1) is 16.0. The third-order valence-electron chi connectivity index (χ3n) is 3.88. The minimum absolute atomic E-state index is 0.241. The van der Waals surface area contributed by atoms with E-state index in [0.29, 0.717) is 18.1 Å². The smallest absolute Gasteiger partial charge is 0.410 e. The Morgan fingerprint density at radius 3 is 2.57 bits per heavy atom. The molecule has 1 amide bonds. The Morgan fingerprint density at radius 2 is 1.91 bits per heavy atom. The van der Waals surface area contributed by atoms with Crippen LogP contribution in [0.3, 0.4) is 0 Å². The summed E-state index contributed by atoms with van der Waals surface area (Å²) in [6.07, 6.45) is 1.68. The van der Waals surface area contributed by atoms with E-state index in [4.69, 9.17) is 16.3 Å². The minimum atomic E-state index is -0.460. The summed E-state index contributed by atoms with van der Waals surface area (Å²) in [5.41, 5.74) is 1.68. The van der Waals surface area contributed by atoms with Crippen LogP contribution in [0.4, 0.5) is 10.5 Å². The average molecular weight is 336 g/mol. The third kappa shape index (κ3) is 3.55. The number of halogens is 1. The lowest BCUT2D eigenvalue weighted by atomic mass is 10.1. The molecule has 5 nitrogen and oxygen atoms in total. The van der Waals surface area contributed by atoms with Crippen molar-refractivity contribution in [2.45, 2.75) is 26.4 Å². The maximum atomic E-state index is 12.1. The van der Waals surface area contributed by atoms with E-state index in [-0.39, 0.29) is 6.09 Å². The number of amides is 1. The molecule has 6 heteroatoms. The number of benzene rings is 1. The zero-order valence-corrected chi connectivity index (χ0v) is 14.5. The fraction of sp³-hybridized carbons (Fsp3) is 0.471. The number of carbonyl (C=O) groups excluding carboxylic acids is 1. The number of piperazine rings is 1. The first-order valence-electron chi connectivity index (χ1n) is 7.83. The summed E-state index contributed by atoms with van der Waals surface area (Å²) in [5.74, 6) is 0. The molecule has 1 aliphatic rings. The fourth-order valence-corrected chi connectivity index (χ4v) is 3.04. The number of carbonyl (C=O) groups is 1. The van der Waals surface area contributed by atoms with E-state index in [1.807, 2.05) is 39.1 Å². The maximum absolute atomic E-state index is 12.1. The maximum Gasteiger partial charge on any atom is 0.410 e. The van der Waals surface area contributed by atoms with Crippen LogP contribution in [-0.4, -0.2) is 47.8 Å². The summed E-state index contributed by atoms with van der Waals surface area (Å²) in [6.45, 7) is 8.47. The van der Waals surface area contributed by atoms with Crippen LogP contribution < -0.4 is 4.90 Å². The summed E-state index contributed by atoms with van der Waals surface area (Å²) < 4.78 is 5.44. The monoisotopic (exact) mass is 335 g/mol. The molecule has 1 aromatic heterocycles. The van der Waals surface area contributed by atoms with Crippen LogP contribution in [0.15, 0.2) is 24.4 Å². The van der Waals surface area contributed by atoms with Crippen molar-refractivity contribution in [2.75, 3.05) is 31.1 Å². The standard InChI is InChI=1S/C17H22ClN3O2/c1-17(2,3)23-16(22)21-8-6-20(7-9-21)15-11-12(18)10-14-13(15)4-5-19-14/h4-5,10-11,19H,6-9H2,1-3H3. The topological polar surface area (TPSA) is 48.6 Å². The Balaban J connectivity index is 1.71. The number of rotatable bonds is 1. The molecule has 1 fully saturated rings. The zero-order valence-electron chi connectivity index (χ0n) is 13.7. The molecule has 0 spiro atoms. The van der Waals surface area contributed by atoms with E-state index in [2.05, 4.69) is 16.0 Å². The summed E-state index contributed by atoms with van der Waals surface area (Å²) in [6, 6.07) is 5.97. The third-order valence-corrected chi connectivity index (χ3v) is 4.10. The highest BCUT2D eigenvalue weighted by Crippen LogP contribution is 2.31. The SMILES string of the molecule is CC(C)(C)OC(=O)N1CCN(c2cc(Cl)cc3[nH]ccc23)CC1. The molecule has 1 aliphatic heterocycles. The van der Waals surface area contributed by atoms with Crippen LogP contribution in [-0.2, 0) is 4.74 Å². The number of aromatic nitrogens is 1. The molecule has 0 unspecified atom stereocenters. The van der Waals surface area contributed by atoms with Gasteiger partial charge in [-0.3, -0.25) is 0 Å². The van der Waals surface area contributed by atoms with E-state index >= 15 is 0 Å². The summed E-state index contributed by atoms with van der Waals surface area (Å²) in [4.78, 5) is 19.4. The number of fused-ring (bicyclic) bond motifs is 1. The van der Waals surface area contributed by atoms with Crippen LogP contribution in [0.2, 0.25) is 5.02 Å². The van der Waals surface area contributed by atoms with E-state index in [1.165, 1.54) is 0 Å². The number of aromatic amines is 1. The largest absolute Gasteiger partial charge is 0.444 e. The van der Waals surface area contributed by atoms with Crippen LogP contribution in [0.5, 0.6) is 0 Å². The van der Waals surface area contributed by atoms with E-state index in [9.17, 15) is 4.79 Å². The van der Waals surface area contributed by atoms with Gasteiger partial charge in [-0.15, -0.1) is 0 Å². The second-order valence-electron chi connectivity index (χ2n) is 6.82. The lowest BCUT2D eigenvalue weighted by molar-refractivity contribution is 0.0241. The van der Waals surface area contributed by atoms with Gasteiger partial charge in [-0.2, -0.15) is 0 Å². The van der Waals surface area contributed by atoms with Crippen LogP contribution >= 0.6 is 11.6 Å². The Morgan fingerprint density at radius 1 is 1.22 bits per heavy atom. The predicted octanol–water partition coefficient (Wildman–Crippen LogP) is 3.88. The average Bonchev–Trinajstić information content (AvgIpc) is 2.93. The summed E-state index contributed by atoms with van der Waals surface area (Å²) >= 11 is 6.22. The predicted molar refractivity (Wildman–Crippen MR) is 93.3 cm³/mol. The number of nitrogens with zero attached hydrogens (tertiary/aromatic N) is 2. The molecule has 23 heavy (non-hydrogen) atoms. The molecule has 1 saturated heterocycles. The lowest BCUT2D eigenvalue weighted by Crippen LogP contribution is -2.50. The Bertz CT molecular complexity index is 712. The van der Waals surface area contributed by atoms with E-state index in [0.717, 1.165) is 29.7 Å². The number of hydrogen-bond donors (Lipinski definition) is 1. The summed E-state index contributed by atoms with van der Waals surface area (Å²) in [7, 11) is 0. The van der Waals surface area contributed by atoms with Gasteiger partial charge in [0, 0.05) is 54.0 Å². The molecular formula is C17H22ClN3O2. The lowest BCUT2D eigenvalue weighted by Gasteiger charge is -2.37. The van der Waals surface area contributed by atoms with E-state index in [1.54, 1.807) is 4.90 Å². The highest BCUT2D eigenvalue weighted by atomic mass is 35.5. The number of anilines is 1. The molecule has 0 radical (unpaired) electrons. The molecule has 0 atom stereocenters. The molecule has 2 aromatic rings. The molecule has 0 aliphatic carbocycles. The van der Waals surface area contributed by atoms with E-state index < -0.39 is 5.60 Å². The van der Waals surface area contributed by atoms with Crippen molar-refractivity contribution in [1.29, 1.82) is 0 Å². The summed E-state index contributed by atoms with van der Waals surface area (Å²) in [5, 5.41) is 1.87.